The van der Waals surface area contributed by atoms with Crippen molar-refractivity contribution < 1.29 is 9.90 Å². The van der Waals surface area contributed by atoms with E-state index in [9.17, 15) is 4.79 Å². The molecule has 1 N–H and O–H groups in total. The Morgan fingerprint density at radius 3 is 2.71 bits per heavy atom. The van der Waals surface area contributed by atoms with Crippen molar-refractivity contribution in [1.82, 2.24) is 9.55 Å². The number of nitrogens with zero attached hydrogens (tertiary/aromatic N) is 2. The Hall–Kier alpha value is -2.10. The topological polar surface area (TPSA) is 55.1 Å². The zero-order chi connectivity index (χ0) is 12.3. The second-order valence-electron chi connectivity index (χ2n) is 3.89. The van der Waals surface area contributed by atoms with Crippen molar-refractivity contribution >= 4 is 5.97 Å². The Bertz CT molecular complexity index is 517. The van der Waals surface area contributed by atoms with Crippen molar-refractivity contribution in [2.75, 3.05) is 0 Å². The number of aliphatic carboxylic acids is 1. The van der Waals surface area contributed by atoms with Gasteiger partial charge in [0.25, 0.3) is 0 Å². The van der Waals surface area contributed by atoms with Gasteiger partial charge in [-0.1, -0.05) is 30.3 Å². The van der Waals surface area contributed by atoms with E-state index in [1.54, 1.807) is 6.20 Å². The van der Waals surface area contributed by atoms with E-state index in [0.717, 1.165) is 17.1 Å². The highest BCUT2D eigenvalue weighted by molar-refractivity contribution is 5.67. The average Bonchev–Trinajstić information content (AvgIpc) is 2.69. The summed E-state index contributed by atoms with van der Waals surface area (Å²) >= 11 is 0. The van der Waals surface area contributed by atoms with Gasteiger partial charge in [0.05, 0.1) is 6.42 Å². The highest BCUT2D eigenvalue weighted by atomic mass is 16.4. The molecule has 0 saturated carbocycles. The largest absolute Gasteiger partial charge is 0.481 e. The Morgan fingerprint density at radius 2 is 2.06 bits per heavy atom. The molecule has 0 fully saturated rings. The molecule has 0 aliphatic heterocycles. The van der Waals surface area contributed by atoms with E-state index in [-0.39, 0.29) is 6.42 Å². The first-order valence-corrected chi connectivity index (χ1v) is 5.46. The van der Waals surface area contributed by atoms with E-state index >= 15 is 0 Å². The molecule has 0 spiro atoms. The second-order valence-corrected chi connectivity index (χ2v) is 3.89. The van der Waals surface area contributed by atoms with Crippen molar-refractivity contribution in [2.24, 2.45) is 7.05 Å². The van der Waals surface area contributed by atoms with Gasteiger partial charge in [0.2, 0.25) is 0 Å². The van der Waals surface area contributed by atoms with E-state index in [4.69, 9.17) is 5.11 Å². The molecule has 1 aromatic heterocycles. The van der Waals surface area contributed by atoms with E-state index < -0.39 is 5.97 Å². The Morgan fingerprint density at radius 1 is 1.35 bits per heavy atom. The lowest BCUT2D eigenvalue weighted by atomic mass is 10.2. The molecular weight excluding hydrogens is 216 g/mol. The second kappa shape index (κ2) is 4.82. The summed E-state index contributed by atoms with van der Waals surface area (Å²) in [6.45, 7) is 0. The summed E-state index contributed by atoms with van der Waals surface area (Å²) in [4.78, 5) is 14.9. The third-order valence-corrected chi connectivity index (χ3v) is 2.71. The number of carboxylic acid groups (broad SMARTS) is 1. The summed E-state index contributed by atoms with van der Waals surface area (Å²) in [5, 5.41) is 8.66. The van der Waals surface area contributed by atoms with Gasteiger partial charge in [0.1, 0.15) is 5.82 Å². The summed E-state index contributed by atoms with van der Waals surface area (Å²) in [6.07, 6.45) is 2.38. The van der Waals surface area contributed by atoms with E-state index in [0.29, 0.717) is 6.42 Å². The summed E-state index contributed by atoms with van der Waals surface area (Å²) in [6, 6.07) is 9.85. The summed E-state index contributed by atoms with van der Waals surface area (Å²) in [7, 11) is 1.91. The monoisotopic (exact) mass is 230 g/mol. The fourth-order valence-electron chi connectivity index (χ4n) is 1.77. The molecule has 0 bridgehead atoms. The number of hydrogen-bond acceptors (Lipinski definition) is 2. The maximum absolute atomic E-state index is 10.5. The van der Waals surface area contributed by atoms with Crippen LogP contribution in [0.15, 0.2) is 36.5 Å². The first kappa shape index (κ1) is 11.4. The van der Waals surface area contributed by atoms with Crippen molar-refractivity contribution in [2.45, 2.75) is 12.8 Å². The van der Waals surface area contributed by atoms with Crippen LogP contribution in [0.2, 0.25) is 0 Å². The van der Waals surface area contributed by atoms with Gasteiger partial charge < -0.3 is 9.67 Å². The van der Waals surface area contributed by atoms with Crippen molar-refractivity contribution in [3.63, 3.8) is 0 Å². The minimum absolute atomic E-state index is 0.133. The molecule has 0 aliphatic rings. The molecule has 0 amide bonds. The standard InChI is InChI=1S/C13H14N2O2/c1-15-11(7-8-12(16)17)9-14-13(15)10-5-3-2-4-6-10/h2-6,9H,7-8H2,1H3,(H,16,17). The molecule has 0 aliphatic carbocycles. The first-order chi connectivity index (χ1) is 8.18. The molecule has 0 radical (unpaired) electrons. The molecule has 0 unspecified atom stereocenters. The number of carboxylic acids is 1. The van der Waals surface area contributed by atoms with Gasteiger partial charge in [-0.3, -0.25) is 4.79 Å². The fourth-order valence-corrected chi connectivity index (χ4v) is 1.77. The SMILES string of the molecule is Cn1c(CCC(=O)O)cnc1-c1ccccc1. The highest BCUT2D eigenvalue weighted by Crippen LogP contribution is 2.18. The van der Waals surface area contributed by atoms with E-state index in [1.807, 2.05) is 41.9 Å². The molecule has 2 rings (SSSR count). The van der Waals surface area contributed by atoms with Gasteiger partial charge in [-0.2, -0.15) is 0 Å². The summed E-state index contributed by atoms with van der Waals surface area (Å²) < 4.78 is 1.94. The van der Waals surface area contributed by atoms with Crippen LogP contribution < -0.4 is 0 Å². The van der Waals surface area contributed by atoms with Crippen molar-refractivity contribution in [1.29, 1.82) is 0 Å². The Balaban J connectivity index is 2.24. The molecule has 4 nitrogen and oxygen atoms in total. The normalized spacial score (nSPS) is 10.4. The number of rotatable bonds is 4. The molecule has 2 aromatic rings. The van der Waals surface area contributed by atoms with Crippen LogP contribution in [0.5, 0.6) is 0 Å². The quantitative estimate of drug-likeness (QED) is 0.875. The minimum Gasteiger partial charge on any atom is -0.481 e. The number of imidazole rings is 1. The van der Waals surface area contributed by atoms with Gasteiger partial charge in [0, 0.05) is 24.5 Å². The zero-order valence-corrected chi connectivity index (χ0v) is 9.63. The van der Waals surface area contributed by atoms with Crippen molar-refractivity contribution in [3.8, 4) is 11.4 Å². The number of aromatic nitrogens is 2. The zero-order valence-electron chi connectivity index (χ0n) is 9.63. The highest BCUT2D eigenvalue weighted by Gasteiger charge is 2.09. The molecule has 1 heterocycles. The Kier molecular flexibility index (Phi) is 3.23. The minimum atomic E-state index is -0.785. The Labute approximate surface area is 99.5 Å². The lowest BCUT2D eigenvalue weighted by Crippen LogP contribution is -2.02. The van der Waals surface area contributed by atoms with Gasteiger partial charge >= 0.3 is 5.97 Å². The molecule has 0 atom stereocenters. The molecule has 88 valence electrons. The van der Waals surface area contributed by atoms with Gasteiger partial charge in [-0.05, 0) is 6.42 Å². The molecule has 0 saturated heterocycles. The fraction of sp³-hybridized carbons (Fsp3) is 0.231. The predicted molar refractivity (Wildman–Crippen MR) is 64.6 cm³/mol. The average molecular weight is 230 g/mol. The van der Waals surface area contributed by atoms with Crippen LogP contribution in [0.25, 0.3) is 11.4 Å². The van der Waals surface area contributed by atoms with Crippen molar-refractivity contribution in [3.05, 3.63) is 42.2 Å². The first-order valence-electron chi connectivity index (χ1n) is 5.46. The molecular formula is C13H14N2O2. The molecule has 4 heteroatoms. The summed E-state index contributed by atoms with van der Waals surface area (Å²) in [5.74, 6) is 0.0819. The number of hydrogen-bond donors (Lipinski definition) is 1. The third kappa shape index (κ3) is 2.53. The van der Waals surface area contributed by atoms with Crippen LogP contribution in [-0.2, 0) is 18.3 Å². The lowest BCUT2D eigenvalue weighted by molar-refractivity contribution is -0.136. The van der Waals surface area contributed by atoms with Crippen LogP contribution in [-0.4, -0.2) is 20.6 Å². The third-order valence-electron chi connectivity index (χ3n) is 2.71. The van der Waals surface area contributed by atoms with Crippen LogP contribution in [0, 0.1) is 0 Å². The lowest BCUT2D eigenvalue weighted by Gasteiger charge is -2.04. The predicted octanol–water partition coefficient (Wildman–Crippen LogP) is 2.10. The molecule has 17 heavy (non-hydrogen) atoms. The van der Waals surface area contributed by atoms with Crippen LogP contribution in [0.3, 0.4) is 0 Å². The van der Waals surface area contributed by atoms with Crippen LogP contribution in [0.4, 0.5) is 0 Å². The maximum Gasteiger partial charge on any atom is 0.303 e. The molecule has 1 aromatic carbocycles. The van der Waals surface area contributed by atoms with Crippen LogP contribution >= 0.6 is 0 Å². The van der Waals surface area contributed by atoms with E-state index in [1.165, 1.54) is 0 Å². The van der Waals surface area contributed by atoms with E-state index in [2.05, 4.69) is 4.98 Å². The van der Waals surface area contributed by atoms with Gasteiger partial charge in [-0.15, -0.1) is 0 Å². The summed E-state index contributed by atoms with van der Waals surface area (Å²) in [5.41, 5.74) is 1.97. The number of carbonyl (C=O) groups is 1. The van der Waals surface area contributed by atoms with Crippen LogP contribution in [0.1, 0.15) is 12.1 Å². The number of benzene rings is 1. The maximum atomic E-state index is 10.5. The smallest absolute Gasteiger partial charge is 0.303 e. The number of aryl methyl sites for hydroxylation is 1. The van der Waals surface area contributed by atoms with Gasteiger partial charge in [0.15, 0.2) is 0 Å². The van der Waals surface area contributed by atoms with Gasteiger partial charge in [-0.25, -0.2) is 4.98 Å².